The molecule has 31 heavy (non-hydrogen) atoms. The highest BCUT2D eigenvalue weighted by atomic mass is 32.1. The molecule has 0 aliphatic carbocycles. The highest BCUT2D eigenvalue weighted by Gasteiger charge is 2.33. The fourth-order valence-electron chi connectivity index (χ4n) is 3.87. The second-order valence-electron chi connectivity index (χ2n) is 7.42. The van der Waals surface area contributed by atoms with E-state index in [1.807, 2.05) is 57.3 Å². The Morgan fingerprint density at radius 1 is 1.23 bits per heavy atom. The third-order valence-electron chi connectivity index (χ3n) is 5.47. The summed E-state index contributed by atoms with van der Waals surface area (Å²) in [5.74, 6) is -0.453. The maximum absolute atomic E-state index is 13.5. The number of hydrogen-bond acceptors (Lipinski definition) is 6. The van der Waals surface area contributed by atoms with Crippen LogP contribution in [0.25, 0.3) is 6.08 Å². The van der Waals surface area contributed by atoms with Crippen LogP contribution in [-0.4, -0.2) is 26.9 Å². The van der Waals surface area contributed by atoms with Crippen molar-refractivity contribution in [3.05, 3.63) is 83.8 Å². The molecular weight excluding hydrogens is 412 g/mol. The Balaban J connectivity index is 1.99. The quantitative estimate of drug-likeness (QED) is 0.587. The molecule has 0 saturated heterocycles. The molecule has 0 saturated carbocycles. The van der Waals surface area contributed by atoms with Crippen LogP contribution in [0.1, 0.15) is 42.4 Å². The number of nitrogens with zero attached hydrogens (tertiary/aromatic N) is 4. The van der Waals surface area contributed by atoms with Crippen molar-refractivity contribution in [1.82, 2.24) is 14.3 Å². The summed E-state index contributed by atoms with van der Waals surface area (Å²) in [7, 11) is 1.88. The van der Waals surface area contributed by atoms with Gasteiger partial charge in [0.2, 0.25) is 0 Å². The Morgan fingerprint density at radius 2 is 1.94 bits per heavy atom. The monoisotopic (exact) mass is 436 g/mol. The Morgan fingerprint density at radius 3 is 2.55 bits per heavy atom. The summed E-state index contributed by atoms with van der Waals surface area (Å²) in [6.45, 7) is 7.69. The van der Waals surface area contributed by atoms with Gasteiger partial charge < -0.3 is 4.74 Å². The van der Waals surface area contributed by atoms with Crippen molar-refractivity contribution in [2.75, 3.05) is 6.61 Å². The summed E-state index contributed by atoms with van der Waals surface area (Å²) >= 11 is 1.32. The largest absolute Gasteiger partial charge is 0.463 e. The van der Waals surface area contributed by atoms with Gasteiger partial charge in [-0.1, -0.05) is 41.7 Å². The molecule has 8 heteroatoms. The summed E-state index contributed by atoms with van der Waals surface area (Å²) in [4.78, 5) is 31.5. The SMILES string of the molecule is CCOC(=O)C1=C(C)N=c2s/c(=C/c3c(C)nn(C)c3C)c(=O)n2[C@@H]1c1ccccc1. The van der Waals surface area contributed by atoms with E-state index in [0.29, 0.717) is 20.6 Å². The lowest BCUT2D eigenvalue weighted by atomic mass is 9.96. The highest BCUT2D eigenvalue weighted by molar-refractivity contribution is 7.07. The van der Waals surface area contributed by atoms with E-state index in [-0.39, 0.29) is 12.2 Å². The lowest BCUT2D eigenvalue weighted by Gasteiger charge is -2.24. The molecule has 3 heterocycles. The molecule has 0 bridgehead atoms. The number of esters is 1. The van der Waals surface area contributed by atoms with Crippen LogP contribution in [0.4, 0.5) is 0 Å². The van der Waals surface area contributed by atoms with Crippen LogP contribution < -0.4 is 14.9 Å². The van der Waals surface area contributed by atoms with Gasteiger partial charge >= 0.3 is 5.97 Å². The first-order valence-corrected chi connectivity index (χ1v) is 10.9. The van der Waals surface area contributed by atoms with E-state index in [1.54, 1.807) is 23.1 Å². The molecule has 160 valence electrons. The molecule has 1 aromatic carbocycles. The average molecular weight is 437 g/mol. The van der Waals surface area contributed by atoms with Crippen molar-refractivity contribution >= 4 is 23.4 Å². The summed E-state index contributed by atoms with van der Waals surface area (Å²) in [5, 5.41) is 4.44. The Hall–Kier alpha value is -3.26. The number of ether oxygens (including phenoxy) is 1. The molecule has 1 aliphatic rings. The van der Waals surface area contributed by atoms with E-state index in [9.17, 15) is 9.59 Å². The van der Waals surface area contributed by atoms with Crippen LogP contribution in [0, 0.1) is 13.8 Å². The first-order valence-electron chi connectivity index (χ1n) is 10.1. The molecule has 7 nitrogen and oxygen atoms in total. The molecule has 0 amide bonds. The minimum absolute atomic E-state index is 0.186. The van der Waals surface area contributed by atoms with E-state index >= 15 is 0 Å². The van der Waals surface area contributed by atoms with E-state index in [1.165, 1.54) is 11.3 Å². The molecule has 0 spiro atoms. The minimum Gasteiger partial charge on any atom is -0.463 e. The van der Waals surface area contributed by atoms with Gasteiger partial charge in [0, 0.05) is 18.3 Å². The van der Waals surface area contributed by atoms with Crippen LogP contribution in [0.5, 0.6) is 0 Å². The fraction of sp³-hybridized carbons (Fsp3) is 0.304. The number of aryl methyl sites for hydroxylation is 2. The molecule has 4 rings (SSSR count). The van der Waals surface area contributed by atoms with Crippen molar-refractivity contribution in [2.24, 2.45) is 12.0 Å². The Kier molecular flexibility index (Phi) is 5.49. The van der Waals surface area contributed by atoms with Crippen LogP contribution in [-0.2, 0) is 16.6 Å². The van der Waals surface area contributed by atoms with Gasteiger partial charge in [0.05, 0.1) is 34.1 Å². The van der Waals surface area contributed by atoms with E-state index in [4.69, 9.17) is 4.74 Å². The van der Waals surface area contributed by atoms with Gasteiger partial charge in [-0.2, -0.15) is 5.10 Å². The van der Waals surface area contributed by atoms with Crippen molar-refractivity contribution in [3.8, 4) is 0 Å². The zero-order chi connectivity index (χ0) is 22.3. The predicted molar refractivity (Wildman–Crippen MR) is 120 cm³/mol. The number of fused-ring (bicyclic) bond motifs is 1. The van der Waals surface area contributed by atoms with Gasteiger partial charge in [-0.05, 0) is 39.3 Å². The number of benzene rings is 1. The highest BCUT2D eigenvalue weighted by Crippen LogP contribution is 2.30. The standard InChI is InChI=1S/C23H24N4O3S/c1-6-30-22(29)19-14(3)24-23-27(20(19)16-10-8-7-9-11-16)21(28)18(31-23)12-17-13(2)25-26(5)15(17)4/h7-12,20H,6H2,1-5H3/b18-12+/t20-/m1/s1. The maximum Gasteiger partial charge on any atom is 0.338 e. The first kappa shape index (κ1) is 21.0. The van der Waals surface area contributed by atoms with Crippen molar-refractivity contribution in [3.63, 3.8) is 0 Å². The number of aromatic nitrogens is 3. The molecule has 1 aliphatic heterocycles. The van der Waals surface area contributed by atoms with Crippen LogP contribution in [0.2, 0.25) is 0 Å². The predicted octanol–water partition coefficient (Wildman–Crippen LogP) is 2.15. The smallest absolute Gasteiger partial charge is 0.338 e. The lowest BCUT2D eigenvalue weighted by Crippen LogP contribution is -2.39. The average Bonchev–Trinajstić information content (AvgIpc) is 3.17. The molecule has 0 fully saturated rings. The summed E-state index contributed by atoms with van der Waals surface area (Å²) in [6.07, 6.45) is 1.87. The van der Waals surface area contributed by atoms with Crippen molar-refractivity contribution in [1.29, 1.82) is 0 Å². The number of allylic oxidation sites excluding steroid dienone is 1. The number of carbonyl (C=O) groups excluding carboxylic acids is 1. The maximum atomic E-state index is 13.5. The second-order valence-corrected chi connectivity index (χ2v) is 8.43. The van der Waals surface area contributed by atoms with Gasteiger partial charge in [-0.3, -0.25) is 14.0 Å². The van der Waals surface area contributed by atoms with E-state index in [2.05, 4.69) is 10.1 Å². The molecule has 0 unspecified atom stereocenters. The fourth-order valence-corrected chi connectivity index (χ4v) is 4.90. The minimum atomic E-state index is -0.588. The first-order chi connectivity index (χ1) is 14.8. The second kappa shape index (κ2) is 8.11. The Bertz CT molecular complexity index is 1380. The number of thiazole rings is 1. The molecule has 3 aromatic rings. The van der Waals surface area contributed by atoms with Crippen molar-refractivity contribution in [2.45, 2.75) is 33.7 Å². The van der Waals surface area contributed by atoms with Crippen LogP contribution >= 0.6 is 11.3 Å². The summed E-state index contributed by atoms with van der Waals surface area (Å²) in [5.41, 5.74) is 4.36. The molecule has 0 N–H and O–H groups in total. The number of hydrogen-bond donors (Lipinski definition) is 0. The van der Waals surface area contributed by atoms with Gasteiger partial charge in [0.1, 0.15) is 0 Å². The summed E-state index contributed by atoms with van der Waals surface area (Å²) < 4.78 is 9.26. The molecular formula is C23H24N4O3S. The lowest BCUT2D eigenvalue weighted by molar-refractivity contribution is -0.139. The summed E-state index contributed by atoms with van der Waals surface area (Å²) in [6, 6.07) is 8.93. The zero-order valence-corrected chi connectivity index (χ0v) is 19.0. The van der Waals surface area contributed by atoms with Crippen molar-refractivity contribution < 1.29 is 9.53 Å². The van der Waals surface area contributed by atoms with Gasteiger partial charge in [0.25, 0.3) is 5.56 Å². The zero-order valence-electron chi connectivity index (χ0n) is 18.2. The normalized spacial score (nSPS) is 16.3. The molecule has 0 radical (unpaired) electrons. The number of carbonyl (C=O) groups is 1. The van der Waals surface area contributed by atoms with Crippen LogP contribution in [0.3, 0.4) is 0 Å². The van der Waals surface area contributed by atoms with Gasteiger partial charge in [-0.25, -0.2) is 9.79 Å². The third kappa shape index (κ3) is 3.57. The van der Waals surface area contributed by atoms with Crippen LogP contribution in [0.15, 0.2) is 51.4 Å². The van der Waals surface area contributed by atoms with Gasteiger partial charge in [-0.15, -0.1) is 0 Å². The van der Waals surface area contributed by atoms with E-state index in [0.717, 1.165) is 22.5 Å². The third-order valence-corrected chi connectivity index (χ3v) is 6.46. The molecule has 2 aromatic heterocycles. The van der Waals surface area contributed by atoms with Gasteiger partial charge in [0.15, 0.2) is 4.80 Å². The Labute approximate surface area is 183 Å². The number of rotatable bonds is 4. The topological polar surface area (TPSA) is 78.5 Å². The molecule has 1 atom stereocenters. The van der Waals surface area contributed by atoms with E-state index < -0.39 is 12.0 Å².